The van der Waals surface area contributed by atoms with Crippen LogP contribution < -0.4 is 16.0 Å². The maximum absolute atomic E-state index is 12.0. The summed E-state index contributed by atoms with van der Waals surface area (Å²) in [5.74, 6) is 0.0486. The molecule has 0 saturated carbocycles. The molecule has 0 saturated heterocycles. The second-order valence-electron chi connectivity index (χ2n) is 6.47. The molecule has 3 N–H and O–H groups in total. The normalized spacial score (nSPS) is 20.7. The summed E-state index contributed by atoms with van der Waals surface area (Å²) in [6, 6.07) is 8.15. The minimum Gasteiger partial charge on any atom is -0.360 e. The summed E-state index contributed by atoms with van der Waals surface area (Å²) in [6.07, 6.45) is 1.85. The van der Waals surface area contributed by atoms with Crippen LogP contribution in [0.15, 0.2) is 30.5 Å². The van der Waals surface area contributed by atoms with Crippen molar-refractivity contribution in [3.05, 3.63) is 47.3 Å². The first-order chi connectivity index (χ1) is 10.4. The molecule has 1 unspecified atom stereocenters. The van der Waals surface area contributed by atoms with Gasteiger partial charge in [-0.05, 0) is 56.2 Å². The first-order valence-corrected chi connectivity index (χ1v) is 7.41. The molecule has 1 aromatic carbocycles. The number of fused-ring (bicyclic) bond motifs is 2. The number of nitrogens with zero attached hydrogens (tertiary/aromatic N) is 1. The predicted octanol–water partition coefficient (Wildman–Crippen LogP) is 3.16. The average Bonchev–Trinajstić information content (AvgIpc) is 2.97. The third kappa shape index (κ3) is 1.78. The highest BCUT2D eigenvalue weighted by molar-refractivity contribution is 6.07. The van der Waals surface area contributed by atoms with Crippen LogP contribution in [0.4, 0.5) is 17.1 Å². The summed E-state index contributed by atoms with van der Waals surface area (Å²) in [7, 11) is 0. The molecule has 1 amide bonds. The maximum atomic E-state index is 12.0. The van der Waals surface area contributed by atoms with E-state index in [2.05, 4.69) is 33.1 Å². The quantitative estimate of drug-likeness (QED) is 0.756. The van der Waals surface area contributed by atoms with E-state index in [1.807, 2.05) is 39.1 Å². The van der Waals surface area contributed by atoms with E-state index < -0.39 is 5.41 Å². The van der Waals surface area contributed by atoms with Gasteiger partial charge in [-0.2, -0.15) is 0 Å². The number of aromatic nitrogens is 1. The molecule has 2 aliphatic heterocycles. The van der Waals surface area contributed by atoms with Gasteiger partial charge in [0.25, 0.3) is 0 Å². The van der Waals surface area contributed by atoms with Crippen LogP contribution in [0.3, 0.4) is 0 Å². The third-order valence-corrected chi connectivity index (χ3v) is 4.50. The molecule has 0 radical (unpaired) electrons. The van der Waals surface area contributed by atoms with Crippen LogP contribution >= 0.6 is 0 Å². The SMILES string of the molecule is Cc1cc(C2Nc3cc4c(cc3N2)C(C)(C)C(=O)N4)ccn1. The van der Waals surface area contributed by atoms with Crippen molar-refractivity contribution in [2.24, 2.45) is 0 Å². The molecule has 0 bridgehead atoms. The number of carbonyl (C=O) groups excluding carboxylic acids is 1. The first-order valence-electron chi connectivity index (χ1n) is 7.41. The molecule has 1 aromatic heterocycles. The first kappa shape index (κ1) is 13.1. The van der Waals surface area contributed by atoms with E-state index in [1.165, 1.54) is 0 Å². The van der Waals surface area contributed by atoms with Gasteiger partial charge in [-0.25, -0.2) is 0 Å². The number of hydrogen-bond donors (Lipinski definition) is 3. The molecule has 0 fully saturated rings. The Hall–Kier alpha value is -2.56. The maximum Gasteiger partial charge on any atom is 0.234 e. The monoisotopic (exact) mass is 294 g/mol. The molecule has 1 atom stereocenters. The lowest BCUT2D eigenvalue weighted by Gasteiger charge is -2.15. The Balaban J connectivity index is 1.71. The van der Waals surface area contributed by atoms with Crippen LogP contribution in [0, 0.1) is 6.92 Å². The van der Waals surface area contributed by atoms with Crippen molar-refractivity contribution >= 4 is 23.0 Å². The van der Waals surface area contributed by atoms with Crippen molar-refractivity contribution in [1.29, 1.82) is 0 Å². The lowest BCUT2D eigenvalue weighted by molar-refractivity contribution is -0.119. The van der Waals surface area contributed by atoms with Crippen molar-refractivity contribution in [3.63, 3.8) is 0 Å². The fourth-order valence-electron chi connectivity index (χ4n) is 3.12. The Labute approximate surface area is 129 Å². The molecule has 2 aromatic rings. The molecule has 0 aliphatic carbocycles. The molecule has 4 rings (SSSR count). The van der Waals surface area contributed by atoms with Crippen molar-refractivity contribution in [2.75, 3.05) is 16.0 Å². The molecule has 22 heavy (non-hydrogen) atoms. The zero-order chi connectivity index (χ0) is 15.5. The highest BCUT2D eigenvalue weighted by Gasteiger charge is 2.39. The second kappa shape index (κ2) is 4.22. The molecule has 5 nitrogen and oxygen atoms in total. The summed E-state index contributed by atoms with van der Waals surface area (Å²) in [5.41, 5.74) is 5.63. The molecular formula is C17H18N4O. The average molecular weight is 294 g/mol. The number of rotatable bonds is 1. The van der Waals surface area contributed by atoms with Crippen molar-refractivity contribution in [2.45, 2.75) is 32.4 Å². The van der Waals surface area contributed by atoms with Crippen LogP contribution in [0.1, 0.15) is 36.8 Å². The second-order valence-corrected chi connectivity index (χ2v) is 6.47. The van der Waals surface area contributed by atoms with Gasteiger partial charge in [0.15, 0.2) is 0 Å². The summed E-state index contributed by atoms with van der Waals surface area (Å²) < 4.78 is 0. The summed E-state index contributed by atoms with van der Waals surface area (Å²) in [4.78, 5) is 16.3. The highest BCUT2D eigenvalue weighted by atomic mass is 16.2. The lowest BCUT2D eigenvalue weighted by atomic mass is 9.86. The molecule has 2 aliphatic rings. The van der Waals surface area contributed by atoms with E-state index in [0.29, 0.717) is 0 Å². The minimum absolute atomic E-state index is 0.0260. The molecule has 0 spiro atoms. The number of amides is 1. The van der Waals surface area contributed by atoms with E-state index >= 15 is 0 Å². The summed E-state index contributed by atoms with van der Waals surface area (Å²) in [6.45, 7) is 5.89. The Morgan fingerprint density at radius 1 is 1.09 bits per heavy atom. The van der Waals surface area contributed by atoms with E-state index in [4.69, 9.17) is 0 Å². The number of hydrogen-bond acceptors (Lipinski definition) is 4. The highest BCUT2D eigenvalue weighted by Crippen LogP contribution is 2.45. The third-order valence-electron chi connectivity index (χ3n) is 4.50. The van der Waals surface area contributed by atoms with Crippen molar-refractivity contribution < 1.29 is 4.79 Å². The Morgan fingerprint density at radius 2 is 1.82 bits per heavy atom. The number of anilines is 3. The van der Waals surface area contributed by atoms with Crippen LogP contribution in [0.2, 0.25) is 0 Å². The minimum atomic E-state index is -0.489. The standard InChI is InChI=1S/C17H18N4O/c1-9-6-10(4-5-18-9)15-19-13-7-11-12(8-14(13)20-15)21-16(22)17(11,2)3/h4-8,15,19-20H,1-3H3,(H,21,22). The number of aryl methyl sites for hydroxylation is 1. The Kier molecular flexibility index (Phi) is 2.52. The van der Waals surface area contributed by atoms with Crippen LogP contribution in [0.5, 0.6) is 0 Å². The largest absolute Gasteiger partial charge is 0.360 e. The number of carbonyl (C=O) groups is 1. The fraction of sp³-hybridized carbons (Fsp3) is 0.294. The number of benzene rings is 1. The molecular weight excluding hydrogens is 276 g/mol. The van der Waals surface area contributed by atoms with E-state index in [-0.39, 0.29) is 12.1 Å². The van der Waals surface area contributed by atoms with Gasteiger partial charge >= 0.3 is 0 Å². The molecule has 112 valence electrons. The van der Waals surface area contributed by atoms with Crippen molar-refractivity contribution in [1.82, 2.24) is 4.98 Å². The lowest BCUT2D eigenvalue weighted by Crippen LogP contribution is -2.26. The van der Waals surface area contributed by atoms with Gasteiger partial charge < -0.3 is 16.0 Å². The van der Waals surface area contributed by atoms with Crippen LogP contribution in [-0.2, 0) is 10.2 Å². The van der Waals surface area contributed by atoms with Gasteiger partial charge in [-0.1, -0.05) is 0 Å². The zero-order valence-electron chi connectivity index (χ0n) is 12.8. The van der Waals surface area contributed by atoms with Crippen LogP contribution in [-0.4, -0.2) is 10.9 Å². The van der Waals surface area contributed by atoms with Crippen LogP contribution in [0.25, 0.3) is 0 Å². The van der Waals surface area contributed by atoms with Gasteiger partial charge in [-0.3, -0.25) is 9.78 Å². The Bertz CT molecular complexity index is 797. The Morgan fingerprint density at radius 3 is 2.55 bits per heavy atom. The predicted molar refractivity (Wildman–Crippen MR) is 87.1 cm³/mol. The fourth-order valence-corrected chi connectivity index (χ4v) is 3.12. The van der Waals surface area contributed by atoms with Gasteiger partial charge in [0.2, 0.25) is 5.91 Å². The summed E-state index contributed by atoms with van der Waals surface area (Å²) >= 11 is 0. The molecule has 5 heteroatoms. The number of nitrogens with one attached hydrogen (secondary N) is 3. The smallest absolute Gasteiger partial charge is 0.234 e. The number of pyridine rings is 1. The van der Waals surface area contributed by atoms with Gasteiger partial charge in [-0.15, -0.1) is 0 Å². The zero-order valence-corrected chi connectivity index (χ0v) is 12.8. The van der Waals surface area contributed by atoms with Crippen molar-refractivity contribution in [3.8, 4) is 0 Å². The topological polar surface area (TPSA) is 66.0 Å². The summed E-state index contributed by atoms with van der Waals surface area (Å²) in [5, 5.41) is 9.91. The van der Waals surface area contributed by atoms with E-state index in [0.717, 1.165) is 33.9 Å². The van der Waals surface area contributed by atoms with Gasteiger partial charge in [0.05, 0.1) is 16.8 Å². The van der Waals surface area contributed by atoms with Gasteiger partial charge in [0, 0.05) is 17.6 Å². The van der Waals surface area contributed by atoms with E-state index in [1.54, 1.807) is 0 Å². The van der Waals surface area contributed by atoms with E-state index in [9.17, 15) is 4.79 Å². The molecule has 3 heterocycles. The van der Waals surface area contributed by atoms with Gasteiger partial charge in [0.1, 0.15) is 6.17 Å².